The van der Waals surface area contributed by atoms with Crippen molar-refractivity contribution in [3.63, 3.8) is 0 Å². The highest BCUT2D eigenvalue weighted by atomic mass is 16.5. The number of hydrogen-bond donors (Lipinski definition) is 2. The third kappa shape index (κ3) is 5.19. The summed E-state index contributed by atoms with van der Waals surface area (Å²) >= 11 is 0. The van der Waals surface area contributed by atoms with Crippen LogP contribution in [0.1, 0.15) is 65.1 Å². The molecule has 1 aromatic heterocycles. The van der Waals surface area contributed by atoms with Gasteiger partial charge in [0.2, 0.25) is 0 Å². The lowest BCUT2D eigenvalue weighted by Gasteiger charge is -2.19. The highest BCUT2D eigenvalue weighted by Gasteiger charge is 2.15. The van der Waals surface area contributed by atoms with Gasteiger partial charge in [0, 0.05) is 30.6 Å². The number of rotatable bonds is 7. The summed E-state index contributed by atoms with van der Waals surface area (Å²) in [6.45, 7) is 12.2. The molecule has 104 valence electrons. The predicted octanol–water partition coefficient (Wildman–Crippen LogP) is 3.18. The monoisotopic (exact) mass is 253 g/mol. The molecule has 1 heterocycles. The standard InChI is InChI=1S/C14H27N3O/c1-6-8-12(18-7-2)13-15-9-11(17-13)10-16-14(3,4)5/h9,12,16H,6-8,10H2,1-5H3,(H,15,17). The fourth-order valence-corrected chi connectivity index (χ4v) is 1.75. The third-order valence-electron chi connectivity index (χ3n) is 2.68. The van der Waals surface area contributed by atoms with Gasteiger partial charge in [-0.1, -0.05) is 13.3 Å². The van der Waals surface area contributed by atoms with Crippen LogP contribution < -0.4 is 5.32 Å². The van der Waals surface area contributed by atoms with Gasteiger partial charge in [-0.2, -0.15) is 0 Å². The van der Waals surface area contributed by atoms with Gasteiger partial charge in [0.25, 0.3) is 0 Å². The number of nitrogens with one attached hydrogen (secondary N) is 2. The molecule has 0 aliphatic carbocycles. The molecule has 0 radical (unpaired) electrons. The molecule has 0 amide bonds. The van der Waals surface area contributed by atoms with Crippen LogP contribution in [0.2, 0.25) is 0 Å². The van der Waals surface area contributed by atoms with E-state index < -0.39 is 0 Å². The summed E-state index contributed by atoms with van der Waals surface area (Å²) in [6, 6.07) is 0. The van der Waals surface area contributed by atoms with Crippen molar-refractivity contribution in [2.24, 2.45) is 0 Å². The normalized spacial score (nSPS) is 13.8. The smallest absolute Gasteiger partial charge is 0.135 e. The van der Waals surface area contributed by atoms with E-state index in [4.69, 9.17) is 4.74 Å². The Morgan fingerprint density at radius 2 is 2.11 bits per heavy atom. The quantitative estimate of drug-likeness (QED) is 0.784. The van der Waals surface area contributed by atoms with Crippen LogP contribution in [0.15, 0.2) is 6.20 Å². The van der Waals surface area contributed by atoms with Crippen LogP contribution in [0.4, 0.5) is 0 Å². The molecule has 2 N–H and O–H groups in total. The molecule has 1 atom stereocenters. The average Bonchev–Trinajstić information content (AvgIpc) is 2.74. The van der Waals surface area contributed by atoms with Crippen LogP contribution in [-0.4, -0.2) is 22.1 Å². The molecule has 1 rings (SSSR count). The molecule has 4 nitrogen and oxygen atoms in total. The number of nitrogens with zero attached hydrogens (tertiary/aromatic N) is 1. The Hall–Kier alpha value is -0.870. The van der Waals surface area contributed by atoms with Crippen LogP contribution in [0.5, 0.6) is 0 Å². The summed E-state index contributed by atoms with van der Waals surface area (Å²) < 4.78 is 5.71. The SMILES string of the molecule is CCCC(OCC)c1ncc(CNC(C)(C)C)[nH]1. The molecule has 0 saturated carbocycles. The van der Waals surface area contributed by atoms with E-state index in [0.29, 0.717) is 0 Å². The maximum Gasteiger partial charge on any atom is 0.135 e. The van der Waals surface area contributed by atoms with Crippen LogP contribution >= 0.6 is 0 Å². The molecule has 18 heavy (non-hydrogen) atoms. The Labute approximate surface area is 111 Å². The number of imidazole rings is 1. The first kappa shape index (κ1) is 15.2. The summed E-state index contributed by atoms with van der Waals surface area (Å²) in [7, 11) is 0. The maximum absolute atomic E-state index is 5.71. The summed E-state index contributed by atoms with van der Waals surface area (Å²) in [6.07, 6.45) is 4.10. The van der Waals surface area contributed by atoms with Gasteiger partial charge in [-0.15, -0.1) is 0 Å². The Bertz CT molecular complexity index is 335. The van der Waals surface area contributed by atoms with Gasteiger partial charge in [0.05, 0.1) is 0 Å². The van der Waals surface area contributed by atoms with E-state index in [2.05, 4.69) is 43.0 Å². The lowest BCUT2D eigenvalue weighted by Crippen LogP contribution is -2.35. The highest BCUT2D eigenvalue weighted by molar-refractivity contribution is 5.04. The van der Waals surface area contributed by atoms with Gasteiger partial charge in [0.15, 0.2) is 0 Å². The molecule has 1 unspecified atom stereocenters. The minimum Gasteiger partial charge on any atom is -0.371 e. The van der Waals surface area contributed by atoms with Crippen LogP contribution in [0.25, 0.3) is 0 Å². The van der Waals surface area contributed by atoms with E-state index >= 15 is 0 Å². The largest absolute Gasteiger partial charge is 0.371 e. The van der Waals surface area contributed by atoms with Crippen LogP contribution in [0.3, 0.4) is 0 Å². The molecule has 0 aromatic carbocycles. The molecule has 0 aliphatic heterocycles. The Morgan fingerprint density at radius 1 is 1.39 bits per heavy atom. The molecule has 1 aromatic rings. The second-order valence-corrected chi connectivity index (χ2v) is 5.63. The van der Waals surface area contributed by atoms with Crippen LogP contribution in [-0.2, 0) is 11.3 Å². The third-order valence-corrected chi connectivity index (χ3v) is 2.68. The van der Waals surface area contributed by atoms with Gasteiger partial charge < -0.3 is 15.0 Å². The first-order chi connectivity index (χ1) is 8.46. The fraction of sp³-hybridized carbons (Fsp3) is 0.786. The number of ether oxygens (including phenoxy) is 1. The van der Waals surface area contributed by atoms with Crippen molar-refractivity contribution in [1.82, 2.24) is 15.3 Å². The zero-order valence-electron chi connectivity index (χ0n) is 12.3. The van der Waals surface area contributed by atoms with Crippen LogP contribution in [0, 0.1) is 0 Å². The Morgan fingerprint density at radius 3 is 2.67 bits per heavy atom. The molecule has 0 bridgehead atoms. The predicted molar refractivity (Wildman–Crippen MR) is 74.5 cm³/mol. The van der Waals surface area contributed by atoms with E-state index in [9.17, 15) is 0 Å². The fourth-order valence-electron chi connectivity index (χ4n) is 1.75. The maximum atomic E-state index is 5.71. The van der Waals surface area contributed by atoms with Crippen molar-refractivity contribution in [3.05, 3.63) is 17.7 Å². The highest BCUT2D eigenvalue weighted by Crippen LogP contribution is 2.19. The number of hydrogen-bond acceptors (Lipinski definition) is 3. The topological polar surface area (TPSA) is 49.9 Å². The second kappa shape index (κ2) is 6.90. The molecule has 4 heteroatoms. The van der Waals surface area contributed by atoms with E-state index in [-0.39, 0.29) is 11.6 Å². The summed E-state index contributed by atoms with van der Waals surface area (Å²) in [5.41, 5.74) is 1.23. The van der Waals surface area contributed by atoms with Gasteiger partial charge in [-0.3, -0.25) is 0 Å². The molecular weight excluding hydrogens is 226 g/mol. The average molecular weight is 253 g/mol. The van der Waals surface area contributed by atoms with Gasteiger partial charge in [-0.05, 0) is 34.1 Å². The van der Waals surface area contributed by atoms with E-state index in [1.165, 1.54) is 0 Å². The van der Waals surface area contributed by atoms with Gasteiger partial charge in [0.1, 0.15) is 11.9 Å². The zero-order valence-corrected chi connectivity index (χ0v) is 12.3. The Balaban J connectivity index is 2.60. The van der Waals surface area contributed by atoms with Gasteiger partial charge in [-0.25, -0.2) is 4.98 Å². The van der Waals surface area contributed by atoms with Crippen molar-refractivity contribution in [2.75, 3.05) is 6.61 Å². The second-order valence-electron chi connectivity index (χ2n) is 5.63. The van der Waals surface area contributed by atoms with Crippen molar-refractivity contribution in [1.29, 1.82) is 0 Å². The van der Waals surface area contributed by atoms with Gasteiger partial charge >= 0.3 is 0 Å². The number of aromatic nitrogens is 2. The van der Waals surface area contributed by atoms with Crippen molar-refractivity contribution in [2.45, 2.75) is 65.6 Å². The summed E-state index contributed by atoms with van der Waals surface area (Å²) in [4.78, 5) is 7.79. The molecule has 0 aliphatic rings. The molecule has 0 spiro atoms. The summed E-state index contributed by atoms with van der Waals surface area (Å²) in [5.74, 6) is 0.949. The molecule has 0 saturated heterocycles. The van der Waals surface area contributed by atoms with Crippen molar-refractivity contribution in [3.8, 4) is 0 Å². The molecule has 0 fully saturated rings. The zero-order chi connectivity index (χ0) is 13.6. The van der Waals surface area contributed by atoms with E-state index in [1.807, 2.05) is 13.1 Å². The lowest BCUT2D eigenvalue weighted by molar-refractivity contribution is 0.0499. The minimum absolute atomic E-state index is 0.100. The van der Waals surface area contributed by atoms with Crippen molar-refractivity contribution >= 4 is 0 Å². The lowest BCUT2D eigenvalue weighted by atomic mass is 10.1. The Kier molecular flexibility index (Phi) is 5.82. The minimum atomic E-state index is 0.100. The first-order valence-electron chi connectivity index (χ1n) is 6.86. The molecular formula is C14H27N3O. The number of aromatic amines is 1. The van der Waals surface area contributed by atoms with E-state index in [0.717, 1.165) is 37.5 Å². The van der Waals surface area contributed by atoms with Crippen molar-refractivity contribution < 1.29 is 4.74 Å². The summed E-state index contributed by atoms with van der Waals surface area (Å²) in [5, 5.41) is 3.44. The van der Waals surface area contributed by atoms with E-state index in [1.54, 1.807) is 0 Å². The first-order valence-corrected chi connectivity index (χ1v) is 6.86. The number of H-pyrrole nitrogens is 1.